The highest BCUT2D eigenvalue weighted by molar-refractivity contribution is 9.10. The average Bonchev–Trinajstić information content (AvgIpc) is 2.38. The molecule has 1 aromatic heterocycles. The number of halogens is 2. The van der Waals surface area contributed by atoms with Crippen LogP contribution in [-0.4, -0.2) is 13.4 Å². The highest BCUT2D eigenvalue weighted by atomic mass is 79.9. The minimum absolute atomic E-state index is 0.0152. The number of nitrogens with two attached hydrogens (primary N) is 1. The van der Waals surface area contributed by atoms with Crippen LogP contribution in [0, 0.1) is 5.82 Å². The summed E-state index contributed by atoms with van der Waals surface area (Å²) < 4.78 is 42.0. The second-order valence-electron chi connectivity index (χ2n) is 3.89. The monoisotopic (exact) mass is 360 g/mol. The molecule has 0 aliphatic heterocycles. The van der Waals surface area contributed by atoms with Crippen LogP contribution in [0.5, 0.6) is 5.75 Å². The highest BCUT2D eigenvalue weighted by Gasteiger charge is 2.16. The van der Waals surface area contributed by atoms with Gasteiger partial charge in [-0.1, -0.05) is 0 Å². The molecule has 0 radical (unpaired) electrons. The van der Waals surface area contributed by atoms with Crippen molar-refractivity contribution in [1.29, 1.82) is 0 Å². The lowest BCUT2D eigenvalue weighted by atomic mass is 10.3. The first-order chi connectivity index (χ1) is 9.36. The van der Waals surface area contributed by atoms with Gasteiger partial charge in [-0.2, -0.15) is 0 Å². The van der Waals surface area contributed by atoms with Crippen molar-refractivity contribution in [1.82, 2.24) is 4.98 Å². The maximum Gasteiger partial charge on any atom is 0.241 e. The van der Waals surface area contributed by atoms with E-state index in [1.807, 2.05) is 0 Å². The second kappa shape index (κ2) is 5.86. The molecule has 20 heavy (non-hydrogen) atoms. The van der Waals surface area contributed by atoms with Crippen molar-refractivity contribution in [2.24, 2.45) is 5.14 Å². The van der Waals surface area contributed by atoms with Gasteiger partial charge >= 0.3 is 0 Å². The number of rotatable bonds is 4. The lowest BCUT2D eigenvalue weighted by Crippen LogP contribution is -2.14. The van der Waals surface area contributed by atoms with E-state index in [4.69, 9.17) is 9.88 Å². The van der Waals surface area contributed by atoms with Gasteiger partial charge in [-0.05, 0) is 46.3 Å². The Labute approximate surface area is 123 Å². The number of nitrogens with zero attached hydrogens (tertiary/aromatic N) is 1. The molecule has 0 aliphatic rings. The number of aromatic nitrogens is 1. The molecule has 2 rings (SSSR count). The average molecular weight is 361 g/mol. The van der Waals surface area contributed by atoms with Gasteiger partial charge in [0.1, 0.15) is 23.1 Å². The summed E-state index contributed by atoms with van der Waals surface area (Å²) in [5.74, 6) is -0.721. The molecule has 8 heteroatoms. The maximum atomic E-state index is 13.1. The molecule has 0 spiro atoms. The molecule has 0 fully saturated rings. The zero-order chi connectivity index (χ0) is 14.8. The Balaban J connectivity index is 2.23. The van der Waals surface area contributed by atoms with Gasteiger partial charge in [0.2, 0.25) is 10.0 Å². The zero-order valence-corrected chi connectivity index (χ0v) is 12.5. The van der Waals surface area contributed by atoms with Crippen molar-refractivity contribution in [2.45, 2.75) is 11.5 Å². The van der Waals surface area contributed by atoms with E-state index in [0.29, 0.717) is 5.69 Å². The third kappa shape index (κ3) is 3.75. The van der Waals surface area contributed by atoms with E-state index in [-0.39, 0.29) is 12.4 Å². The summed E-state index contributed by atoms with van der Waals surface area (Å²) in [6.45, 7) is 0.0431. The van der Waals surface area contributed by atoms with Gasteiger partial charge in [0, 0.05) is 10.7 Å². The number of hydrogen-bond acceptors (Lipinski definition) is 4. The van der Waals surface area contributed by atoms with Crippen molar-refractivity contribution >= 4 is 26.0 Å². The Bertz CT molecular complexity index is 720. The Morgan fingerprint density at radius 3 is 2.65 bits per heavy atom. The number of pyridine rings is 1. The minimum Gasteiger partial charge on any atom is -0.486 e. The number of sulfonamides is 1. The van der Waals surface area contributed by atoms with E-state index in [2.05, 4.69) is 20.9 Å². The van der Waals surface area contributed by atoms with E-state index >= 15 is 0 Å². The van der Waals surface area contributed by atoms with Crippen molar-refractivity contribution in [2.75, 3.05) is 0 Å². The third-order valence-corrected chi connectivity index (χ3v) is 3.78. The standard InChI is InChI=1S/C12H10BrFN2O3S/c13-8-1-3-10(16-6-8)7-19-11-4-2-9(14)5-12(11)20(15,17)18/h1-6H,7H2,(H2,15,17,18). The van der Waals surface area contributed by atoms with Crippen LogP contribution in [0.15, 0.2) is 45.9 Å². The van der Waals surface area contributed by atoms with Gasteiger partial charge < -0.3 is 4.74 Å². The fraction of sp³-hybridized carbons (Fsp3) is 0.0833. The summed E-state index contributed by atoms with van der Waals surface area (Å²) in [5, 5.41) is 5.02. The topological polar surface area (TPSA) is 82.3 Å². The summed E-state index contributed by atoms with van der Waals surface area (Å²) >= 11 is 3.25. The van der Waals surface area contributed by atoms with Crippen LogP contribution in [0.2, 0.25) is 0 Å². The van der Waals surface area contributed by atoms with E-state index in [1.165, 1.54) is 6.07 Å². The summed E-state index contributed by atoms with van der Waals surface area (Å²) in [6, 6.07) is 6.62. The largest absolute Gasteiger partial charge is 0.486 e. The van der Waals surface area contributed by atoms with Crippen LogP contribution in [0.1, 0.15) is 5.69 Å². The first kappa shape index (κ1) is 14.9. The second-order valence-corrected chi connectivity index (χ2v) is 6.34. The van der Waals surface area contributed by atoms with Crippen molar-refractivity contribution in [3.63, 3.8) is 0 Å². The number of ether oxygens (including phenoxy) is 1. The summed E-state index contributed by atoms with van der Waals surface area (Å²) in [4.78, 5) is 3.68. The molecule has 0 saturated heterocycles. The fourth-order valence-corrected chi connectivity index (χ4v) is 2.39. The quantitative estimate of drug-likeness (QED) is 0.905. The molecule has 0 saturated carbocycles. The van der Waals surface area contributed by atoms with Crippen LogP contribution in [0.25, 0.3) is 0 Å². The molecule has 0 aliphatic carbocycles. The number of hydrogen-bond donors (Lipinski definition) is 1. The summed E-state index contributed by atoms with van der Waals surface area (Å²) in [5.41, 5.74) is 0.595. The Hall–Kier alpha value is -1.51. The smallest absolute Gasteiger partial charge is 0.241 e. The van der Waals surface area contributed by atoms with Crippen LogP contribution in [-0.2, 0) is 16.6 Å². The molecule has 0 atom stereocenters. The Morgan fingerprint density at radius 2 is 2.05 bits per heavy atom. The van der Waals surface area contributed by atoms with Crippen LogP contribution >= 0.6 is 15.9 Å². The summed E-state index contributed by atoms with van der Waals surface area (Å²) in [7, 11) is -4.06. The van der Waals surface area contributed by atoms with Crippen LogP contribution < -0.4 is 9.88 Å². The van der Waals surface area contributed by atoms with E-state index in [1.54, 1.807) is 18.3 Å². The van der Waals surface area contributed by atoms with E-state index < -0.39 is 20.7 Å². The number of primary sulfonamides is 1. The van der Waals surface area contributed by atoms with E-state index in [9.17, 15) is 12.8 Å². The lowest BCUT2D eigenvalue weighted by molar-refractivity contribution is 0.292. The molecule has 2 N–H and O–H groups in total. The van der Waals surface area contributed by atoms with Crippen LogP contribution in [0.3, 0.4) is 0 Å². The van der Waals surface area contributed by atoms with Crippen molar-refractivity contribution < 1.29 is 17.5 Å². The molecule has 5 nitrogen and oxygen atoms in total. The first-order valence-corrected chi connectivity index (χ1v) is 7.76. The Morgan fingerprint density at radius 1 is 1.30 bits per heavy atom. The highest BCUT2D eigenvalue weighted by Crippen LogP contribution is 2.24. The van der Waals surface area contributed by atoms with Crippen molar-refractivity contribution in [3.8, 4) is 5.75 Å². The third-order valence-electron chi connectivity index (χ3n) is 2.38. The molecule has 0 unspecified atom stereocenters. The van der Waals surface area contributed by atoms with Gasteiger partial charge in [-0.3, -0.25) is 4.98 Å². The molecule has 0 amide bonds. The normalized spacial score (nSPS) is 11.3. The molecule has 2 aromatic rings. The van der Waals surface area contributed by atoms with Gasteiger partial charge in [-0.25, -0.2) is 17.9 Å². The summed E-state index contributed by atoms with van der Waals surface area (Å²) in [6.07, 6.45) is 1.59. The zero-order valence-electron chi connectivity index (χ0n) is 10.1. The molecule has 106 valence electrons. The molecular formula is C12H10BrFN2O3S. The molecule has 0 bridgehead atoms. The molecular weight excluding hydrogens is 351 g/mol. The molecule has 1 aromatic carbocycles. The predicted octanol–water partition coefficient (Wildman–Crippen LogP) is 2.21. The van der Waals surface area contributed by atoms with Gasteiger partial charge in [-0.15, -0.1) is 0 Å². The van der Waals surface area contributed by atoms with Crippen molar-refractivity contribution in [3.05, 3.63) is 52.5 Å². The fourth-order valence-electron chi connectivity index (χ4n) is 1.47. The van der Waals surface area contributed by atoms with E-state index in [0.717, 1.165) is 16.6 Å². The lowest BCUT2D eigenvalue weighted by Gasteiger charge is -2.10. The van der Waals surface area contributed by atoms with Gasteiger partial charge in [0.25, 0.3) is 0 Å². The maximum absolute atomic E-state index is 13.1. The molecule has 1 heterocycles. The van der Waals surface area contributed by atoms with Crippen LogP contribution in [0.4, 0.5) is 4.39 Å². The first-order valence-electron chi connectivity index (χ1n) is 5.42. The van der Waals surface area contributed by atoms with Gasteiger partial charge in [0.15, 0.2) is 0 Å². The Kier molecular flexibility index (Phi) is 4.36. The minimum atomic E-state index is -4.06. The SMILES string of the molecule is NS(=O)(=O)c1cc(F)ccc1OCc1ccc(Br)cn1. The van der Waals surface area contributed by atoms with Gasteiger partial charge in [0.05, 0.1) is 5.69 Å². The predicted molar refractivity (Wildman–Crippen MR) is 74.0 cm³/mol. The number of benzene rings is 1.